The van der Waals surface area contributed by atoms with Gasteiger partial charge in [-0.3, -0.25) is 20.2 Å². The molecule has 0 aliphatic heterocycles. The average molecular weight is 384 g/mol. The number of anilines is 1. The number of benzene rings is 3. The summed E-state index contributed by atoms with van der Waals surface area (Å²) in [7, 11) is 0. The highest BCUT2D eigenvalue weighted by molar-refractivity contribution is 7.23. The number of fused-ring (bicyclic) bond motifs is 3. The molecule has 0 bridgehead atoms. The molecule has 0 aliphatic carbocycles. The van der Waals surface area contributed by atoms with Crippen LogP contribution in [-0.4, -0.2) is 15.8 Å². The molecule has 6 nitrogen and oxygen atoms in total. The predicted molar refractivity (Wildman–Crippen MR) is 103 cm³/mol. The van der Waals surface area contributed by atoms with E-state index in [4.69, 9.17) is 11.6 Å². The number of rotatable bonds is 3. The molecule has 8 heteroatoms. The molecule has 0 atom stereocenters. The summed E-state index contributed by atoms with van der Waals surface area (Å²) in [5.74, 6) is -0.623. The highest BCUT2D eigenvalue weighted by atomic mass is 35.5. The van der Waals surface area contributed by atoms with Crippen LogP contribution in [0.25, 0.3) is 21.0 Å². The molecule has 3 aromatic carbocycles. The molecule has 0 aliphatic rings. The van der Waals surface area contributed by atoms with Crippen LogP contribution in [0.5, 0.6) is 0 Å². The number of nitrogens with one attached hydrogen (secondary N) is 1. The van der Waals surface area contributed by atoms with Crippen molar-refractivity contribution in [1.82, 2.24) is 4.98 Å². The lowest BCUT2D eigenvalue weighted by Gasteiger charge is -2.03. The molecule has 4 rings (SSSR count). The molecule has 4 aromatic rings. The number of thiazole rings is 1. The fraction of sp³-hybridized carbons (Fsp3) is 0. The van der Waals surface area contributed by atoms with Crippen LogP contribution in [0.3, 0.4) is 0 Å². The van der Waals surface area contributed by atoms with Gasteiger partial charge in [0, 0.05) is 16.5 Å². The van der Waals surface area contributed by atoms with Crippen molar-refractivity contribution in [3.63, 3.8) is 0 Å². The molecular formula is C18H10ClN3O3S. The Morgan fingerprint density at radius 2 is 1.96 bits per heavy atom. The summed E-state index contributed by atoms with van der Waals surface area (Å²) in [5.41, 5.74) is 0.342. The van der Waals surface area contributed by atoms with E-state index in [-0.39, 0.29) is 16.3 Å². The number of carbonyl (C=O) groups is 1. The number of nitro groups is 1. The summed E-state index contributed by atoms with van der Waals surface area (Å²) >= 11 is 7.20. The van der Waals surface area contributed by atoms with E-state index in [1.807, 2.05) is 36.4 Å². The number of nitro benzene ring substituents is 1. The van der Waals surface area contributed by atoms with Crippen LogP contribution in [0.15, 0.2) is 54.6 Å². The van der Waals surface area contributed by atoms with Crippen molar-refractivity contribution in [3.8, 4) is 0 Å². The van der Waals surface area contributed by atoms with Gasteiger partial charge in [0.15, 0.2) is 5.13 Å². The minimum atomic E-state index is -0.623. The number of halogens is 1. The molecule has 1 N–H and O–H groups in total. The molecule has 1 heterocycles. The minimum Gasteiger partial charge on any atom is -0.298 e. The molecule has 0 saturated heterocycles. The van der Waals surface area contributed by atoms with Gasteiger partial charge in [0.2, 0.25) is 0 Å². The Labute approximate surface area is 156 Å². The van der Waals surface area contributed by atoms with E-state index in [2.05, 4.69) is 10.3 Å². The number of aromatic nitrogens is 1. The van der Waals surface area contributed by atoms with E-state index >= 15 is 0 Å². The zero-order chi connectivity index (χ0) is 18.3. The fourth-order valence-corrected chi connectivity index (χ4v) is 3.89. The highest BCUT2D eigenvalue weighted by Gasteiger charge is 2.21. The van der Waals surface area contributed by atoms with E-state index in [0.717, 1.165) is 21.0 Å². The first-order chi connectivity index (χ1) is 12.5. The Bertz CT molecular complexity index is 1190. The second kappa shape index (κ2) is 6.36. The van der Waals surface area contributed by atoms with Crippen LogP contribution in [-0.2, 0) is 0 Å². The fourth-order valence-electron chi connectivity index (χ4n) is 2.72. The van der Waals surface area contributed by atoms with Gasteiger partial charge in [0.1, 0.15) is 5.56 Å². The van der Waals surface area contributed by atoms with E-state index in [1.54, 1.807) is 0 Å². The molecule has 1 aromatic heterocycles. The normalized spacial score (nSPS) is 11.0. The van der Waals surface area contributed by atoms with Crippen LogP contribution in [0.2, 0.25) is 5.02 Å². The largest absolute Gasteiger partial charge is 0.298 e. The molecule has 1 amide bonds. The van der Waals surface area contributed by atoms with Crippen molar-refractivity contribution in [3.05, 3.63) is 75.3 Å². The smallest absolute Gasteiger partial charge is 0.282 e. The number of hydrogen-bond donors (Lipinski definition) is 1. The Morgan fingerprint density at radius 1 is 1.15 bits per heavy atom. The van der Waals surface area contributed by atoms with Crippen LogP contribution in [0.1, 0.15) is 10.4 Å². The SMILES string of the molecule is O=C(Nc1nc2ccc3ccccc3c2s1)c1cc(Cl)ccc1[N+](=O)[O-]. The van der Waals surface area contributed by atoms with Crippen molar-refractivity contribution < 1.29 is 9.72 Å². The molecule has 0 spiro atoms. The number of carbonyl (C=O) groups excluding carboxylic acids is 1. The Morgan fingerprint density at radius 3 is 2.77 bits per heavy atom. The number of nitrogens with zero attached hydrogens (tertiary/aromatic N) is 2. The molecule has 128 valence electrons. The summed E-state index contributed by atoms with van der Waals surface area (Å²) in [5, 5.41) is 16.5. The zero-order valence-corrected chi connectivity index (χ0v) is 14.7. The lowest BCUT2D eigenvalue weighted by Crippen LogP contribution is -2.13. The van der Waals surface area contributed by atoms with Gasteiger partial charge < -0.3 is 0 Å². The van der Waals surface area contributed by atoms with E-state index in [1.165, 1.54) is 29.5 Å². The summed E-state index contributed by atoms with van der Waals surface area (Å²) < 4.78 is 0.944. The molecule has 0 saturated carbocycles. The Balaban J connectivity index is 1.74. The lowest BCUT2D eigenvalue weighted by atomic mass is 10.1. The van der Waals surface area contributed by atoms with Gasteiger partial charge in [-0.2, -0.15) is 0 Å². The van der Waals surface area contributed by atoms with Crippen LogP contribution in [0, 0.1) is 10.1 Å². The third kappa shape index (κ3) is 2.87. The van der Waals surface area contributed by atoms with Gasteiger partial charge in [-0.15, -0.1) is 0 Å². The van der Waals surface area contributed by atoms with Gasteiger partial charge in [-0.05, 0) is 23.6 Å². The monoisotopic (exact) mass is 383 g/mol. The topological polar surface area (TPSA) is 85.1 Å². The number of hydrogen-bond acceptors (Lipinski definition) is 5. The van der Waals surface area contributed by atoms with E-state index in [0.29, 0.717) is 5.13 Å². The molecule has 26 heavy (non-hydrogen) atoms. The molecule has 0 radical (unpaired) electrons. The van der Waals surface area contributed by atoms with Crippen molar-refractivity contribution in [2.45, 2.75) is 0 Å². The quantitative estimate of drug-likeness (QED) is 0.386. The average Bonchev–Trinajstić information content (AvgIpc) is 3.04. The summed E-state index contributed by atoms with van der Waals surface area (Å²) in [6.07, 6.45) is 0. The Kier molecular flexibility index (Phi) is 4.02. The third-order valence-electron chi connectivity index (χ3n) is 3.90. The summed E-state index contributed by atoms with van der Waals surface area (Å²) in [4.78, 5) is 27.5. The second-order valence-corrected chi connectivity index (χ2v) is 6.96. The van der Waals surface area contributed by atoms with E-state index in [9.17, 15) is 14.9 Å². The van der Waals surface area contributed by atoms with Gasteiger partial charge in [-0.1, -0.05) is 53.3 Å². The Hall–Kier alpha value is -3.03. The van der Waals surface area contributed by atoms with Crippen LogP contribution >= 0.6 is 22.9 Å². The van der Waals surface area contributed by atoms with Gasteiger partial charge in [0.05, 0.1) is 15.1 Å². The standard InChI is InChI=1S/C18H10ClN3O3S/c19-11-6-8-15(22(24)25)13(9-11)17(23)21-18-20-14-7-5-10-3-1-2-4-12(10)16(14)26-18/h1-9H,(H,20,21,23). The maximum absolute atomic E-state index is 12.5. The maximum Gasteiger partial charge on any atom is 0.282 e. The van der Waals surface area contributed by atoms with Gasteiger partial charge >= 0.3 is 0 Å². The minimum absolute atomic E-state index is 0.105. The van der Waals surface area contributed by atoms with Crippen LogP contribution < -0.4 is 5.32 Å². The van der Waals surface area contributed by atoms with Gasteiger partial charge in [-0.25, -0.2) is 4.98 Å². The first-order valence-electron chi connectivity index (χ1n) is 7.56. The molecule has 0 unspecified atom stereocenters. The van der Waals surface area contributed by atoms with Crippen molar-refractivity contribution in [2.24, 2.45) is 0 Å². The third-order valence-corrected chi connectivity index (χ3v) is 5.15. The molecule has 0 fully saturated rings. The number of amides is 1. The first-order valence-corrected chi connectivity index (χ1v) is 8.76. The highest BCUT2D eigenvalue weighted by Crippen LogP contribution is 2.33. The van der Waals surface area contributed by atoms with E-state index < -0.39 is 10.8 Å². The van der Waals surface area contributed by atoms with Crippen LogP contribution in [0.4, 0.5) is 10.8 Å². The van der Waals surface area contributed by atoms with Crippen molar-refractivity contribution in [1.29, 1.82) is 0 Å². The van der Waals surface area contributed by atoms with Crippen molar-refractivity contribution in [2.75, 3.05) is 5.32 Å². The second-order valence-electron chi connectivity index (χ2n) is 5.53. The summed E-state index contributed by atoms with van der Waals surface area (Å²) in [6, 6.07) is 15.6. The van der Waals surface area contributed by atoms with Crippen molar-refractivity contribution >= 4 is 60.7 Å². The summed E-state index contributed by atoms with van der Waals surface area (Å²) in [6.45, 7) is 0. The van der Waals surface area contributed by atoms with Gasteiger partial charge in [0.25, 0.3) is 11.6 Å². The molecular weight excluding hydrogens is 374 g/mol. The predicted octanol–water partition coefficient (Wildman–Crippen LogP) is 5.26. The lowest BCUT2D eigenvalue weighted by molar-refractivity contribution is -0.385. The maximum atomic E-state index is 12.5. The zero-order valence-electron chi connectivity index (χ0n) is 13.1. The first kappa shape index (κ1) is 16.4.